The van der Waals surface area contributed by atoms with Crippen LogP contribution in [0.25, 0.3) is 0 Å². The molecule has 12 heavy (non-hydrogen) atoms. The Bertz CT molecular complexity index is 188. The van der Waals surface area contributed by atoms with Gasteiger partial charge in [0, 0.05) is 31.8 Å². The van der Waals surface area contributed by atoms with Gasteiger partial charge in [0.1, 0.15) is 5.78 Å². The molecule has 0 fully saturated rings. The van der Waals surface area contributed by atoms with E-state index in [1.807, 2.05) is 0 Å². The zero-order chi connectivity index (χ0) is 9.78. The lowest BCUT2D eigenvalue weighted by molar-refractivity contribution is -0.559. The first-order valence-electron chi connectivity index (χ1n) is 3.67. The van der Waals surface area contributed by atoms with Crippen molar-refractivity contribution in [2.24, 2.45) is 0 Å². The highest BCUT2D eigenvalue weighted by molar-refractivity contribution is 5.79. The molecule has 0 atom stereocenters. The van der Waals surface area contributed by atoms with Crippen LogP contribution in [0, 0.1) is 10.1 Å². The number of Topliss-reactive ketones (excluding diaryl/α,β-unsaturated/α-hetero) is 1. The van der Waals surface area contributed by atoms with Gasteiger partial charge in [-0.05, 0) is 0 Å². The van der Waals surface area contributed by atoms with Crippen LogP contribution in [0.4, 0.5) is 0 Å². The van der Waals surface area contributed by atoms with Crippen LogP contribution < -0.4 is 0 Å². The van der Waals surface area contributed by atoms with Crippen LogP contribution in [0.15, 0.2) is 0 Å². The predicted molar refractivity (Wildman–Crippen MR) is 42.4 cm³/mol. The second-order valence-electron chi connectivity index (χ2n) is 3.26. The summed E-state index contributed by atoms with van der Waals surface area (Å²) in [5.41, 5.74) is -1.22. The van der Waals surface area contributed by atoms with Crippen LogP contribution in [0.2, 0.25) is 0 Å². The summed E-state index contributed by atoms with van der Waals surface area (Å²) in [6, 6.07) is 0. The summed E-state index contributed by atoms with van der Waals surface area (Å²) in [7, 11) is 0. The van der Waals surface area contributed by atoms with Crippen LogP contribution in [-0.4, -0.2) is 28.0 Å². The molecule has 0 aromatic heterocycles. The number of hydrogen-bond donors (Lipinski definition) is 1. The standard InChI is InChI=1S/C7H13NO4/c1-7(2,8(11)12)5-6(10)3-4-9/h9H,3-5H2,1-2H3. The molecular weight excluding hydrogens is 162 g/mol. The van der Waals surface area contributed by atoms with E-state index < -0.39 is 10.5 Å². The van der Waals surface area contributed by atoms with Crippen molar-refractivity contribution in [1.29, 1.82) is 0 Å². The Balaban J connectivity index is 4.06. The van der Waals surface area contributed by atoms with Gasteiger partial charge in [0.15, 0.2) is 0 Å². The van der Waals surface area contributed by atoms with Crippen LogP contribution >= 0.6 is 0 Å². The summed E-state index contributed by atoms with van der Waals surface area (Å²) in [6.45, 7) is 2.54. The normalized spacial score (nSPS) is 11.2. The third kappa shape index (κ3) is 3.43. The number of hydrogen-bond acceptors (Lipinski definition) is 4. The summed E-state index contributed by atoms with van der Waals surface area (Å²) in [6.07, 6.45) is -0.127. The first-order valence-corrected chi connectivity index (χ1v) is 3.67. The number of ketones is 1. The minimum atomic E-state index is -1.22. The van der Waals surface area contributed by atoms with Gasteiger partial charge in [-0.1, -0.05) is 0 Å². The van der Waals surface area contributed by atoms with E-state index in [0.29, 0.717) is 0 Å². The Labute approximate surface area is 70.5 Å². The van der Waals surface area contributed by atoms with Gasteiger partial charge >= 0.3 is 0 Å². The Morgan fingerprint density at radius 1 is 1.58 bits per heavy atom. The van der Waals surface area contributed by atoms with Crippen molar-refractivity contribution in [1.82, 2.24) is 0 Å². The largest absolute Gasteiger partial charge is 0.396 e. The lowest BCUT2D eigenvalue weighted by atomic mass is 9.97. The molecule has 0 bridgehead atoms. The molecular formula is C7H13NO4. The van der Waals surface area contributed by atoms with Crippen molar-refractivity contribution in [3.05, 3.63) is 10.1 Å². The van der Waals surface area contributed by atoms with Gasteiger partial charge < -0.3 is 5.11 Å². The number of carbonyl (C=O) groups excluding carboxylic acids is 1. The first-order chi connectivity index (χ1) is 5.40. The van der Waals surface area contributed by atoms with E-state index in [2.05, 4.69) is 0 Å². The molecule has 70 valence electrons. The Morgan fingerprint density at radius 3 is 2.42 bits per heavy atom. The molecule has 0 saturated heterocycles. The minimum Gasteiger partial charge on any atom is -0.396 e. The van der Waals surface area contributed by atoms with E-state index in [9.17, 15) is 14.9 Å². The van der Waals surface area contributed by atoms with Crippen LogP contribution in [0.1, 0.15) is 26.7 Å². The Kier molecular flexibility index (Phi) is 3.82. The molecule has 0 radical (unpaired) electrons. The van der Waals surface area contributed by atoms with Gasteiger partial charge in [0.2, 0.25) is 5.54 Å². The molecule has 5 nitrogen and oxygen atoms in total. The van der Waals surface area contributed by atoms with E-state index >= 15 is 0 Å². The number of carbonyl (C=O) groups is 1. The fourth-order valence-electron chi connectivity index (χ4n) is 0.760. The molecule has 5 heteroatoms. The molecule has 0 rings (SSSR count). The third-order valence-electron chi connectivity index (χ3n) is 1.51. The fourth-order valence-corrected chi connectivity index (χ4v) is 0.760. The molecule has 0 heterocycles. The number of aliphatic hydroxyl groups is 1. The van der Waals surface area contributed by atoms with E-state index in [-0.39, 0.29) is 25.2 Å². The molecule has 0 aromatic carbocycles. The molecule has 0 aliphatic rings. The van der Waals surface area contributed by atoms with Gasteiger partial charge in [0.05, 0.1) is 6.42 Å². The molecule has 0 saturated carbocycles. The summed E-state index contributed by atoms with van der Waals surface area (Å²) in [4.78, 5) is 20.8. The van der Waals surface area contributed by atoms with E-state index in [0.717, 1.165) is 0 Å². The van der Waals surface area contributed by atoms with E-state index in [1.54, 1.807) is 0 Å². The van der Waals surface area contributed by atoms with Crippen molar-refractivity contribution in [3.63, 3.8) is 0 Å². The Morgan fingerprint density at radius 2 is 2.08 bits per heavy atom. The van der Waals surface area contributed by atoms with Gasteiger partial charge in [-0.3, -0.25) is 14.9 Å². The monoisotopic (exact) mass is 175 g/mol. The van der Waals surface area contributed by atoms with Crippen molar-refractivity contribution < 1.29 is 14.8 Å². The predicted octanol–water partition coefficient (Wildman–Crippen LogP) is 0.383. The van der Waals surface area contributed by atoms with Crippen LogP contribution in [0.5, 0.6) is 0 Å². The zero-order valence-corrected chi connectivity index (χ0v) is 7.24. The average Bonchev–Trinajstić information content (AvgIpc) is 1.85. The number of nitro groups is 1. The molecule has 0 spiro atoms. The lowest BCUT2D eigenvalue weighted by Crippen LogP contribution is -2.33. The second-order valence-corrected chi connectivity index (χ2v) is 3.26. The molecule has 0 aliphatic heterocycles. The summed E-state index contributed by atoms with van der Waals surface area (Å²) in [5, 5.41) is 18.7. The third-order valence-corrected chi connectivity index (χ3v) is 1.51. The number of nitrogens with zero attached hydrogens (tertiary/aromatic N) is 1. The van der Waals surface area contributed by atoms with Crippen molar-refractivity contribution in [2.45, 2.75) is 32.2 Å². The first kappa shape index (κ1) is 11.0. The molecule has 1 N–H and O–H groups in total. The lowest BCUT2D eigenvalue weighted by Gasteiger charge is -2.13. The average molecular weight is 175 g/mol. The summed E-state index contributed by atoms with van der Waals surface area (Å²) < 4.78 is 0. The van der Waals surface area contributed by atoms with Crippen molar-refractivity contribution >= 4 is 5.78 Å². The van der Waals surface area contributed by atoms with Gasteiger partial charge in [-0.15, -0.1) is 0 Å². The number of rotatable bonds is 5. The topological polar surface area (TPSA) is 80.4 Å². The van der Waals surface area contributed by atoms with Crippen molar-refractivity contribution in [2.75, 3.05) is 6.61 Å². The smallest absolute Gasteiger partial charge is 0.223 e. The minimum absolute atomic E-state index is 0.00271. The van der Waals surface area contributed by atoms with Gasteiger partial charge in [-0.25, -0.2) is 0 Å². The summed E-state index contributed by atoms with van der Waals surface area (Å²) in [5.74, 6) is -0.279. The summed E-state index contributed by atoms with van der Waals surface area (Å²) >= 11 is 0. The molecule has 0 amide bonds. The van der Waals surface area contributed by atoms with Crippen LogP contribution in [0.3, 0.4) is 0 Å². The molecule has 0 unspecified atom stereocenters. The second kappa shape index (κ2) is 4.15. The van der Waals surface area contributed by atoms with Crippen molar-refractivity contribution in [3.8, 4) is 0 Å². The SMILES string of the molecule is CC(C)(CC(=O)CCO)[N+](=O)[O-]. The maximum Gasteiger partial charge on any atom is 0.223 e. The van der Waals surface area contributed by atoms with E-state index in [1.165, 1.54) is 13.8 Å². The highest BCUT2D eigenvalue weighted by atomic mass is 16.6. The maximum atomic E-state index is 10.9. The van der Waals surface area contributed by atoms with E-state index in [4.69, 9.17) is 5.11 Å². The molecule has 0 aromatic rings. The Hall–Kier alpha value is -0.970. The van der Waals surface area contributed by atoms with Crippen LogP contribution in [-0.2, 0) is 4.79 Å². The van der Waals surface area contributed by atoms with Gasteiger partial charge in [0.25, 0.3) is 0 Å². The highest BCUT2D eigenvalue weighted by Crippen LogP contribution is 2.13. The fraction of sp³-hybridized carbons (Fsp3) is 0.857. The highest BCUT2D eigenvalue weighted by Gasteiger charge is 2.33. The molecule has 0 aliphatic carbocycles. The van der Waals surface area contributed by atoms with Gasteiger partial charge in [-0.2, -0.15) is 0 Å². The number of aliphatic hydroxyl groups excluding tert-OH is 1. The maximum absolute atomic E-state index is 10.9. The quantitative estimate of drug-likeness (QED) is 0.484. The zero-order valence-electron chi connectivity index (χ0n) is 7.24.